The van der Waals surface area contributed by atoms with Gasteiger partial charge in [-0.15, -0.1) is 10.2 Å². The fraction of sp³-hybridized carbons (Fsp3) is 0.571. The van der Waals surface area contributed by atoms with Crippen LogP contribution >= 0.6 is 0 Å². The molecule has 3 rings (SSSR count). The molecule has 3 heterocycles. The zero-order valence-corrected chi connectivity index (χ0v) is 13.0. The van der Waals surface area contributed by atoms with Crippen LogP contribution in [-0.2, 0) is 4.79 Å². The Morgan fingerprint density at radius 3 is 2.42 bits per heavy atom. The molecule has 0 aromatic carbocycles. The maximum absolute atomic E-state index is 12.4. The lowest BCUT2D eigenvalue weighted by atomic mass is 10.3. The summed E-state index contributed by atoms with van der Waals surface area (Å²) in [6.07, 6.45) is -4.82. The van der Waals surface area contributed by atoms with Gasteiger partial charge in [-0.05, 0) is 19.1 Å². The van der Waals surface area contributed by atoms with Crippen LogP contribution in [-0.4, -0.2) is 71.8 Å². The average Bonchev–Trinajstić information content (AvgIpc) is 3.00. The van der Waals surface area contributed by atoms with Crippen molar-refractivity contribution in [2.45, 2.75) is 19.1 Å². The van der Waals surface area contributed by atoms with Crippen LogP contribution in [0.15, 0.2) is 17.1 Å². The van der Waals surface area contributed by atoms with Crippen molar-refractivity contribution >= 4 is 17.6 Å². The first-order valence-electron chi connectivity index (χ1n) is 7.61. The number of piperazine rings is 1. The largest absolute Gasteiger partial charge is 0.471 e. The lowest BCUT2D eigenvalue weighted by Crippen LogP contribution is -2.52. The predicted molar refractivity (Wildman–Crippen MR) is 80.9 cm³/mol. The van der Waals surface area contributed by atoms with Crippen LogP contribution in [0.25, 0.3) is 0 Å². The number of amidine groups is 1. The van der Waals surface area contributed by atoms with Crippen molar-refractivity contribution in [3.63, 3.8) is 0 Å². The number of rotatable bonds is 2. The third kappa shape index (κ3) is 3.41. The molecule has 0 bridgehead atoms. The Bertz CT molecular complexity index is 637. The number of nitrogens with one attached hydrogen (secondary N) is 1. The highest BCUT2D eigenvalue weighted by atomic mass is 19.4. The van der Waals surface area contributed by atoms with Gasteiger partial charge in [0, 0.05) is 32.2 Å². The quantitative estimate of drug-likeness (QED) is 0.844. The Kier molecular flexibility index (Phi) is 4.29. The zero-order valence-electron chi connectivity index (χ0n) is 13.0. The number of amides is 1. The molecule has 10 heteroatoms. The van der Waals surface area contributed by atoms with Crippen LogP contribution in [0.4, 0.5) is 19.0 Å². The van der Waals surface area contributed by atoms with E-state index in [0.29, 0.717) is 23.9 Å². The highest BCUT2D eigenvalue weighted by Crippen LogP contribution is 2.20. The van der Waals surface area contributed by atoms with Crippen LogP contribution < -0.4 is 10.2 Å². The van der Waals surface area contributed by atoms with Crippen molar-refractivity contribution in [1.82, 2.24) is 20.4 Å². The van der Waals surface area contributed by atoms with Gasteiger partial charge < -0.3 is 15.1 Å². The molecule has 1 saturated heterocycles. The Morgan fingerprint density at radius 2 is 1.92 bits per heavy atom. The number of hydrogen-bond acceptors (Lipinski definition) is 6. The van der Waals surface area contributed by atoms with E-state index in [0.717, 1.165) is 4.90 Å². The van der Waals surface area contributed by atoms with E-state index in [2.05, 4.69) is 20.5 Å². The molecule has 24 heavy (non-hydrogen) atoms. The lowest BCUT2D eigenvalue weighted by molar-refractivity contribution is -0.185. The molecule has 130 valence electrons. The first-order valence-corrected chi connectivity index (χ1v) is 7.61. The topological polar surface area (TPSA) is 73.7 Å². The third-order valence-electron chi connectivity index (χ3n) is 3.93. The second-order valence-electron chi connectivity index (χ2n) is 5.79. The van der Waals surface area contributed by atoms with Gasteiger partial charge in [0.05, 0.1) is 6.54 Å². The average molecular weight is 342 g/mol. The first-order chi connectivity index (χ1) is 11.3. The van der Waals surface area contributed by atoms with Gasteiger partial charge in [0.25, 0.3) is 0 Å². The number of nitrogens with zero attached hydrogens (tertiary/aromatic N) is 5. The lowest BCUT2D eigenvalue weighted by Gasteiger charge is -2.35. The molecule has 1 aromatic rings. The Hall–Kier alpha value is -2.39. The van der Waals surface area contributed by atoms with Crippen molar-refractivity contribution in [2.75, 3.05) is 37.6 Å². The maximum atomic E-state index is 12.4. The fourth-order valence-electron chi connectivity index (χ4n) is 2.65. The monoisotopic (exact) mass is 342 g/mol. The van der Waals surface area contributed by atoms with Gasteiger partial charge in [-0.1, -0.05) is 0 Å². The van der Waals surface area contributed by atoms with Gasteiger partial charge in [0.2, 0.25) is 0 Å². The van der Waals surface area contributed by atoms with Gasteiger partial charge in [-0.25, -0.2) is 0 Å². The summed E-state index contributed by atoms with van der Waals surface area (Å²) >= 11 is 0. The second-order valence-corrected chi connectivity index (χ2v) is 5.79. The molecule has 1 amide bonds. The van der Waals surface area contributed by atoms with Crippen molar-refractivity contribution in [3.05, 3.63) is 17.8 Å². The molecule has 0 radical (unpaired) electrons. The summed E-state index contributed by atoms with van der Waals surface area (Å²) in [7, 11) is 0. The van der Waals surface area contributed by atoms with E-state index in [-0.39, 0.29) is 32.2 Å². The van der Waals surface area contributed by atoms with Gasteiger partial charge >= 0.3 is 12.1 Å². The number of halogens is 3. The minimum atomic E-state index is -4.82. The van der Waals surface area contributed by atoms with Gasteiger partial charge in [-0.3, -0.25) is 9.79 Å². The molecule has 1 fully saturated rings. The van der Waals surface area contributed by atoms with E-state index in [1.165, 1.54) is 0 Å². The minimum absolute atomic E-state index is 0.00749. The molecule has 0 spiro atoms. The number of alkyl halides is 3. The molecule has 1 N–H and O–H groups in total. The van der Waals surface area contributed by atoms with Crippen LogP contribution in [0.1, 0.15) is 12.6 Å². The molecule has 2 aliphatic heterocycles. The summed E-state index contributed by atoms with van der Waals surface area (Å²) in [6.45, 7) is 3.28. The summed E-state index contributed by atoms with van der Waals surface area (Å²) < 4.78 is 37.3. The van der Waals surface area contributed by atoms with E-state index in [1.54, 1.807) is 12.1 Å². The van der Waals surface area contributed by atoms with Crippen LogP contribution in [0.3, 0.4) is 0 Å². The Labute approximate surface area is 136 Å². The Balaban J connectivity index is 1.60. The first kappa shape index (κ1) is 16.5. The molecular weight excluding hydrogens is 325 g/mol. The van der Waals surface area contributed by atoms with E-state index in [1.807, 2.05) is 11.8 Å². The highest BCUT2D eigenvalue weighted by Gasteiger charge is 2.43. The van der Waals surface area contributed by atoms with Gasteiger partial charge in [0.15, 0.2) is 5.82 Å². The zero-order chi connectivity index (χ0) is 17.3. The molecular formula is C14H17F3N6O. The van der Waals surface area contributed by atoms with E-state index in [4.69, 9.17) is 0 Å². The number of aliphatic imine (C=N–C) groups is 1. The number of aromatic nitrogens is 2. The SMILES string of the molecule is CC1CN=C(c2ccc(N3CCN(C(=O)C(F)(F)F)CC3)nn2)N1. The maximum Gasteiger partial charge on any atom is 0.471 e. The van der Waals surface area contributed by atoms with Crippen LogP contribution in [0, 0.1) is 0 Å². The van der Waals surface area contributed by atoms with Crippen LogP contribution in [0.2, 0.25) is 0 Å². The summed E-state index contributed by atoms with van der Waals surface area (Å²) in [5.41, 5.74) is 0.633. The summed E-state index contributed by atoms with van der Waals surface area (Å²) in [5, 5.41) is 11.4. The predicted octanol–water partition coefficient (Wildman–Crippen LogP) is 0.426. The minimum Gasteiger partial charge on any atom is -0.364 e. The smallest absolute Gasteiger partial charge is 0.364 e. The number of hydrogen-bond donors (Lipinski definition) is 1. The number of carbonyl (C=O) groups is 1. The molecule has 2 aliphatic rings. The normalized spacial score (nSPS) is 21.5. The van der Waals surface area contributed by atoms with Gasteiger partial charge in [0.1, 0.15) is 11.5 Å². The van der Waals surface area contributed by atoms with Crippen molar-refractivity contribution in [2.24, 2.45) is 4.99 Å². The van der Waals surface area contributed by atoms with E-state index < -0.39 is 12.1 Å². The van der Waals surface area contributed by atoms with E-state index in [9.17, 15) is 18.0 Å². The van der Waals surface area contributed by atoms with Crippen molar-refractivity contribution in [1.29, 1.82) is 0 Å². The van der Waals surface area contributed by atoms with Crippen molar-refractivity contribution in [3.8, 4) is 0 Å². The van der Waals surface area contributed by atoms with Crippen molar-refractivity contribution < 1.29 is 18.0 Å². The molecule has 1 atom stereocenters. The second kappa shape index (κ2) is 6.25. The summed E-state index contributed by atoms with van der Waals surface area (Å²) in [4.78, 5) is 18.2. The highest BCUT2D eigenvalue weighted by molar-refractivity contribution is 5.98. The summed E-state index contributed by atoms with van der Waals surface area (Å²) in [6, 6.07) is 3.80. The number of carbonyl (C=O) groups excluding carboxylic acids is 1. The van der Waals surface area contributed by atoms with Crippen LogP contribution in [0.5, 0.6) is 0 Å². The fourth-order valence-corrected chi connectivity index (χ4v) is 2.65. The molecule has 0 aliphatic carbocycles. The Morgan fingerprint density at radius 1 is 1.21 bits per heavy atom. The number of anilines is 1. The molecule has 1 unspecified atom stereocenters. The van der Waals surface area contributed by atoms with E-state index >= 15 is 0 Å². The summed E-state index contributed by atoms with van der Waals surface area (Å²) in [5.74, 6) is -0.519. The third-order valence-corrected chi connectivity index (χ3v) is 3.93. The molecule has 7 nitrogen and oxygen atoms in total. The standard InChI is InChI=1S/C14H17F3N6O/c1-9-8-18-12(19-9)10-2-3-11(21-20-10)22-4-6-23(7-5-22)13(24)14(15,16)17/h2-3,9H,4-8H2,1H3,(H,18,19). The molecule has 0 saturated carbocycles. The molecule has 1 aromatic heterocycles. The van der Waals surface area contributed by atoms with Gasteiger partial charge in [-0.2, -0.15) is 13.2 Å².